The van der Waals surface area contributed by atoms with E-state index in [0.717, 1.165) is 13.0 Å². The van der Waals surface area contributed by atoms with Crippen LogP contribution in [0.3, 0.4) is 0 Å². The second-order valence-corrected chi connectivity index (χ2v) is 3.89. The number of nitrogens with one attached hydrogen (secondary N) is 1. The molecule has 0 aliphatic rings. The molecule has 0 saturated heterocycles. The average Bonchev–Trinajstić information content (AvgIpc) is 2.30. The number of hydrogen-bond acceptors (Lipinski definition) is 1. The summed E-state index contributed by atoms with van der Waals surface area (Å²) in [7, 11) is 0. The summed E-state index contributed by atoms with van der Waals surface area (Å²) < 4.78 is 0. The summed E-state index contributed by atoms with van der Waals surface area (Å²) >= 11 is 0. The number of benzene rings is 1. The molecule has 0 bridgehead atoms. The van der Waals surface area contributed by atoms with Crippen molar-refractivity contribution in [1.82, 2.24) is 5.32 Å². The summed E-state index contributed by atoms with van der Waals surface area (Å²) in [6.07, 6.45) is 4.26. The van der Waals surface area contributed by atoms with E-state index < -0.39 is 0 Å². The Balaban J connectivity index is 2.31. The second kappa shape index (κ2) is 6.83. The molecular weight excluding hydrogens is 198 g/mol. The molecule has 1 unspecified atom stereocenters. The Morgan fingerprint density at radius 3 is 2.69 bits per heavy atom. The van der Waals surface area contributed by atoms with E-state index in [-0.39, 0.29) is 5.91 Å². The molecule has 1 atom stereocenters. The highest BCUT2D eigenvalue weighted by Crippen LogP contribution is 2.17. The van der Waals surface area contributed by atoms with E-state index in [0.29, 0.717) is 5.92 Å². The summed E-state index contributed by atoms with van der Waals surface area (Å²) in [6.45, 7) is 4.74. The van der Waals surface area contributed by atoms with Gasteiger partial charge in [-0.1, -0.05) is 43.3 Å². The van der Waals surface area contributed by atoms with E-state index in [1.807, 2.05) is 25.1 Å². The predicted octanol–water partition coefficient (Wildman–Crippen LogP) is 2.87. The lowest BCUT2D eigenvalue weighted by Gasteiger charge is -2.11. The first-order chi connectivity index (χ1) is 7.74. The van der Waals surface area contributed by atoms with Gasteiger partial charge in [0, 0.05) is 6.54 Å². The fourth-order valence-electron chi connectivity index (χ4n) is 1.57. The maximum atomic E-state index is 11.2. The zero-order valence-electron chi connectivity index (χ0n) is 9.94. The molecule has 1 aromatic rings. The van der Waals surface area contributed by atoms with Gasteiger partial charge in [0.15, 0.2) is 0 Å². The van der Waals surface area contributed by atoms with Gasteiger partial charge >= 0.3 is 0 Å². The third-order valence-corrected chi connectivity index (χ3v) is 2.56. The third kappa shape index (κ3) is 4.30. The van der Waals surface area contributed by atoms with Gasteiger partial charge in [0.25, 0.3) is 0 Å². The van der Waals surface area contributed by atoms with Crippen molar-refractivity contribution in [2.75, 3.05) is 6.54 Å². The minimum absolute atomic E-state index is 0.0113. The van der Waals surface area contributed by atoms with Gasteiger partial charge in [0.1, 0.15) is 0 Å². The van der Waals surface area contributed by atoms with Crippen LogP contribution < -0.4 is 5.32 Å². The monoisotopic (exact) mass is 217 g/mol. The topological polar surface area (TPSA) is 29.1 Å². The molecular formula is C14H19NO. The molecule has 1 amide bonds. The number of rotatable bonds is 5. The zero-order chi connectivity index (χ0) is 11.8. The minimum Gasteiger partial charge on any atom is -0.353 e. The maximum absolute atomic E-state index is 11.2. The second-order valence-electron chi connectivity index (χ2n) is 3.89. The number of allylic oxidation sites excluding steroid dienone is 1. The Bertz CT molecular complexity index is 343. The van der Waals surface area contributed by atoms with Gasteiger partial charge in [0.05, 0.1) is 0 Å². The maximum Gasteiger partial charge on any atom is 0.243 e. The molecule has 1 aromatic carbocycles. The lowest BCUT2D eigenvalue weighted by molar-refractivity contribution is -0.116. The van der Waals surface area contributed by atoms with Crippen LogP contribution in [0.2, 0.25) is 0 Å². The standard InChI is InChI=1S/C14H19NO/c1-3-7-14(16)15-11-10-12(2)13-8-5-4-6-9-13/h3-9,12H,10-11H2,1-2H3,(H,15,16). The lowest BCUT2D eigenvalue weighted by atomic mass is 9.98. The van der Waals surface area contributed by atoms with Crippen molar-refractivity contribution < 1.29 is 4.79 Å². The molecule has 0 saturated carbocycles. The summed E-state index contributed by atoms with van der Waals surface area (Å²) in [6, 6.07) is 10.4. The molecule has 0 radical (unpaired) electrons. The first-order valence-corrected chi connectivity index (χ1v) is 5.69. The first-order valence-electron chi connectivity index (χ1n) is 5.69. The predicted molar refractivity (Wildman–Crippen MR) is 67.3 cm³/mol. The van der Waals surface area contributed by atoms with Gasteiger partial charge in [-0.25, -0.2) is 0 Å². The Morgan fingerprint density at radius 1 is 1.38 bits per heavy atom. The fraction of sp³-hybridized carbons (Fsp3) is 0.357. The van der Waals surface area contributed by atoms with Crippen molar-refractivity contribution in [2.45, 2.75) is 26.2 Å². The van der Waals surface area contributed by atoms with Crippen molar-refractivity contribution in [1.29, 1.82) is 0 Å². The molecule has 1 N–H and O–H groups in total. The minimum atomic E-state index is -0.0113. The Hall–Kier alpha value is -1.57. The van der Waals surface area contributed by atoms with Crippen molar-refractivity contribution in [3.8, 4) is 0 Å². The number of hydrogen-bond donors (Lipinski definition) is 1. The van der Waals surface area contributed by atoms with Crippen LogP contribution in [0.25, 0.3) is 0 Å². The van der Waals surface area contributed by atoms with Crippen LogP contribution in [0.1, 0.15) is 31.7 Å². The smallest absolute Gasteiger partial charge is 0.243 e. The molecule has 2 nitrogen and oxygen atoms in total. The van der Waals surface area contributed by atoms with E-state index in [4.69, 9.17) is 0 Å². The van der Waals surface area contributed by atoms with Gasteiger partial charge in [-0.05, 0) is 30.9 Å². The average molecular weight is 217 g/mol. The molecule has 0 spiro atoms. The third-order valence-electron chi connectivity index (χ3n) is 2.56. The van der Waals surface area contributed by atoms with Gasteiger partial charge in [0.2, 0.25) is 5.91 Å². The molecule has 0 heterocycles. The van der Waals surface area contributed by atoms with Crippen LogP contribution in [0, 0.1) is 0 Å². The molecule has 0 aliphatic heterocycles. The largest absolute Gasteiger partial charge is 0.353 e. The Morgan fingerprint density at radius 2 is 2.06 bits per heavy atom. The van der Waals surface area contributed by atoms with Crippen molar-refractivity contribution in [2.24, 2.45) is 0 Å². The van der Waals surface area contributed by atoms with E-state index in [1.165, 1.54) is 5.56 Å². The van der Waals surface area contributed by atoms with Crippen molar-refractivity contribution >= 4 is 5.91 Å². The summed E-state index contributed by atoms with van der Waals surface area (Å²) in [5, 5.41) is 2.86. The molecule has 1 rings (SSSR count). The quantitative estimate of drug-likeness (QED) is 0.755. The lowest BCUT2D eigenvalue weighted by Crippen LogP contribution is -2.23. The van der Waals surface area contributed by atoms with E-state index in [9.17, 15) is 4.79 Å². The summed E-state index contributed by atoms with van der Waals surface area (Å²) in [5.41, 5.74) is 1.32. The fourth-order valence-corrected chi connectivity index (χ4v) is 1.57. The van der Waals surface area contributed by atoms with Crippen LogP contribution in [0.15, 0.2) is 42.5 Å². The highest BCUT2D eigenvalue weighted by atomic mass is 16.1. The van der Waals surface area contributed by atoms with E-state index in [2.05, 4.69) is 24.4 Å². The Kier molecular flexibility index (Phi) is 5.34. The number of carbonyl (C=O) groups excluding carboxylic acids is 1. The first kappa shape index (κ1) is 12.5. The molecule has 16 heavy (non-hydrogen) atoms. The van der Waals surface area contributed by atoms with Gasteiger partial charge in [-0.2, -0.15) is 0 Å². The van der Waals surface area contributed by atoms with E-state index >= 15 is 0 Å². The highest BCUT2D eigenvalue weighted by Gasteiger charge is 2.04. The summed E-state index contributed by atoms with van der Waals surface area (Å²) in [4.78, 5) is 11.2. The van der Waals surface area contributed by atoms with Crippen LogP contribution in [-0.4, -0.2) is 12.5 Å². The number of carbonyl (C=O) groups is 1. The van der Waals surface area contributed by atoms with Crippen LogP contribution in [-0.2, 0) is 4.79 Å². The van der Waals surface area contributed by atoms with Crippen molar-refractivity contribution in [3.63, 3.8) is 0 Å². The van der Waals surface area contributed by atoms with Gasteiger partial charge in [-0.15, -0.1) is 0 Å². The zero-order valence-corrected chi connectivity index (χ0v) is 9.94. The molecule has 0 fully saturated rings. The van der Waals surface area contributed by atoms with Gasteiger partial charge < -0.3 is 5.32 Å². The van der Waals surface area contributed by atoms with Crippen molar-refractivity contribution in [3.05, 3.63) is 48.0 Å². The molecule has 0 aromatic heterocycles. The summed E-state index contributed by atoms with van der Waals surface area (Å²) in [5.74, 6) is 0.467. The van der Waals surface area contributed by atoms with Crippen LogP contribution in [0.4, 0.5) is 0 Å². The Labute approximate surface area is 97.4 Å². The van der Waals surface area contributed by atoms with Crippen LogP contribution in [0.5, 0.6) is 0 Å². The highest BCUT2D eigenvalue weighted by molar-refractivity contribution is 5.87. The SMILES string of the molecule is CC=CC(=O)NCCC(C)c1ccccc1. The van der Waals surface area contributed by atoms with E-state index in [1.54, 1.807) is 12.2 Å². The van der Waals surface area contributed by atoms with Crippen LogP contribution >= 0.6 is 0 Å². The molecule has 0 aliphatic carbocycles. The molecule has 86 valence electrons. The molecule has 2 heteroatoms. The number of amides is 1. The normalized spacial score (nSPS) is 12.6. The van der Waals surface area contributed by atoms with Gasteiger partial charge in [-0.3, -0.25) is 4.79 Å².